The number of benzene rings is 1. The molecule has 1 aliphatic heterocycles. The van der Waals surface area contributed by atoms with E-state index in [4.69, 9.17) is 16.9 Å². The third-order valence-electron chi connectivity index (χ3n) is 3.24. The Morgan fingerprint density at radius 1 is 1.19 bits per heavy atom. The van der Waals surface area contributed by atoms with Crippen molar-refractivity contribution in [3.8, 4) is 0 Å². The Balaban J connectivity index is 1.96. The summed E-state index contributed by atoms with van der Waals surface area (Å²) in [4.78, 5) is 17.8. The highest BCUT2D eigenvalue weighted by Gasteiger charge is 2.19. The first-order valence-electron chi connectivity index (χ1n) is 6.40. The lowest BCUT2D eigenvalue weighted by atomic mass is 10.2. The normalized spacial score (nSPS) is 14.7. The Hall–Kier alpha value is -2.84. The van der Waals surface area contributed by atoms with E-state index < -0.39 is 4.92 Å². The van der Waals surface area contributed by atoms with Gasteiger partial charge in [-0.25, -0.2) is 0 Å². The zero-order valence-electron chi connectivity index (χ0n) is 11.4. The number of nitrogens with zero attached hydrogens (tertiary/aromatic N) is 4. The number of piperazine rings is 1. The van der Waals surface area contributed by atoms with Crippen molar-refractivity contribution < 1.29 is 4.92 Å². The van der Waals surface area contributed by atoms with Gasteiger partial charge in [0.25, 0.3) is 5.69 Å². The van der Waals surface area contributed by atoms with Crippen LogP contribution in [0, 0.1) is 15.5 Å². The Morgan fingerprint density at radius 2 is 1.76 bits per heavy atom. The molecule has 9 nitrogen and oxygen atoms in total. The molecule has 5 N–H and O–H groups in total. The summed E-state index contributed by atoms with van der Waals surface area (Å²) in [5.41, 5.74) is 11.5. The molecule has 21 heavy (non-hydrogen) atoms. The standard InChI is InChI=1S/C12H17N7O2/c13-11(14)16-12(15)18-7-5-17(6-8-18)9-1-3-10(4-2-9)19(20)21/h1-4H,5-8H2,(H5,13,14,15,16). The van der Waals surface area contributed by atoms with Crippen molar-refractivity contribution in [3.63, 3.8) is 0 Å². The number of aliphatic imine (C=N–C) groups is 1. The van der Waals surface area contributed by atoms with Gasteiger partial charge in [-0.3, -0.25) is 15.5 Å². The molecule has 0 atom stereocenters. The topological polar surface area (TPSA) is 138 Å². The first-order chi connectivity index (χ1) is 9.97. The molecular formula is C12H17N7O2. The fraction of sp³-hybridized carbons (Fsp3) is 0.333. The zero-order valence-corrected chi connectivity index (χ0v) is 11.4. The first-order valence-corrected chi connectivity index (χ1v) is 6.40. The lowest BCUT2D eigenvalue weighted by Crippen LogP contribution is -2.48. The molecule has 112 valence electrons. The molecule has 1 fully saturated rings. The van der Waals surface area contributed by atoms with Gasteiger partial charge < -0.3 is 21.3 Å². The van der Waals surface area contributed by atoms with Crippen LogP contribution in [-0.4, -0.2) is 47.9 Å². The molecule has 9 heteroatoms. The van der Waals surface area contributed by atoms with Gasteiger partial charge in [0.15, 0.2) is 5.96 Å². The number of hydrogen-bond donors (Lipinski definition) is 3. The van der Waals surface area contributed by atoms with Crippen LogP contribution in [0.4, 0.5) is 11.4 Å². The molecule has 0 unspecified atom stereocenters. The van der Waals surface area contributed by atoms with Crippen molar-refractivity contribution in [2.24, 2.45) is 16.5 Å². The molecule has 0 saturated carbocycles. The molecule has 1 saturated heterocycles. The summed E-state index contributed by atoms with van der Waals surface area (Å²) in [5.74, 6) is -0.0730. The van der Waals surface area contributed by atoms with Crippen molar-refractivity contribution in [1.82, 2.24) is 4.90 Å². The molecule has 0 amide bonds. The molecule has 0 radical (unpaired) electrons. The SMILES string of the molecule is N=C(N=C(N)N)N1CCN(c2ccc([N+](=O)[O-])cc2)CC1. The molecule has 1 aromatic rings. The molecule has 0 bridgehead atoms. The van der Waals surface area contributed by atoms with E-state index in [0.717, 1.165) is 5.69 Å². The minimum absolute atomic E-state index is 0.0540. The van der Waals surface area contributed by atoms with Crippen LogP contribution in [0.2, 0.25) is 0 Å². The predicted molar refractivity (Wildman–Crippen MR) is 80.4 cm³/mol. The molecule has 0 aromatic heterocycles. The van der Waals surface area contributed by atoms with E-state index in [-0.39, 0.29) is 17.6 Å². The van der Waals surface area contributed by atoms with Crippen LogP contribution in [-0.2, 0) is 0 Å². The van der Waals surface area contributed by atoms with Crippen LogP contribution in [0.1, 0.15) is 0 Å². The van der Waals surface area contributed by atoms with Crippen molar-refractivity contribution in [2.45, 2.75) is 0 Å². The van der Waals surface area contributed by atoms with Crippen LogP contribution in [0.5, 0.6) is 0 Å². The van der Waals surface area contributed by atoms with Crippen LogP contribution < -0.4 is 16.4 Å². The Morgan fingerprint density at radius 3 is 2.24 bits per heavy atom. The number of nitrogens with two attached hydrogens (primary N) is 2. The maximum absolute atomic E-state index is 10.6. The van der Waals surface area contributed by atoms with Crippen molar-refractivity contribution in [1.29, 1.82) is 5.41 Å². The van der Waals surface area contributed by atoms with Crippen LogP contribution in [0.3, 0.4) is 0 Å². The molecule has 1 aliphatic rings. The number of rotatable bonds is 2. The molecule has 1 aromatic carbocycles. The summed E-state index contributed by atoms with van der Waals surface area (Å²) in [5, 5.41) is 18.4. The van der Waals surface area contributed by atoms with Gasteiger partial charge in [0.2, 0.25) is 5.96 Å². The minimum Gasteiger partial charge on any atom is -0.370 e. The second-order valence-corrected chi connectivity index (χ2v) is 4.61. The number of anilines is 1. The van der Waals surface area contributed by atoms with Crippen molar-refractivity contribution in [2.75, 3.05) is 31.1 Å². The summed E-state index contributed by atoms with van der Waals surface area (Å²) >= 11 is 0. The van der Waals surface area contributed by atoms with Gasteiger partial charge >= 0.3 is 0 Å². The highest BCUT2D eigenvalue weighted by molar-refractivity contribution is 5.91. The van der Waals surface area contributed by atoms with Gasteiger partial charge in [0.1, 0.15) is 0 Å². The summed E-state index contributed by atoms with van der Waals surface area (Å²) in [6.07, 6.45) is 0. The zero-order chi connectivity index (χ0) is 15.4. The maximum atomic E-state index is 10.6. The molecule has 1 heterocycles. The van der Waals surface area contributed by atoms with Crippen molar-refractivity contribution in [3.05, 3.63) is 34.4 Å². The second-order valence-electron chi connectivity index (χ2n) is 4.61. The second kappa shape index (κ2) is 6.07. The number of non-ortho nitro benzene ring substituents is 1. The largest absolute Gasteiger partial charge is 0.370 e. The molecule has 0 spiro atoms. The lowest BCUT2D eigenvalue weighted by Gasteiger charge is -2.36. The maximum Gasteiger partial charge on any atom is 0.269 e. The summed E-state index contributed by atoms with van der Waals surface area (Å²) in [6.45, 7) is 2.62. The summed E-state index contributed by atoms with van der Waals surface area (Å²) in [6, 6.07) is 6.44. The van der Waals surface area contributed by atoms with E-state index in [9.17, 15) is 10.1 Å². The number of nitro benzene ring substituents is 1. The number of nitro groups is 1. The van der Waals surface area contributed by atoms with Gasteiger partial charge in [-0.2, -0.15) is 4.99 Å². The quantitative estimate of drug-likeness (QED) is 0.301. The molecular weight excluding hydrogens is 274 g/mol. The van der Waals surface area contributed by atoms with Gasteiger partial charge in [-0.1, -0.05) is 0 Å². The lowest BCUT2D eigenvalue weighted by molar-refractivity contribution is -0.384. The Bertz CT molecular complexity index is 557. The van der Waals surface area contributed by atoms with Gasteiger partial charge in [-0.05, 0) is 12.1 Å². The van der Waals surface area contributed by atoms with E-state index in [2.05, 4.69) is 9.89 Å². The van der Waals surface area contributed by atoms with Crippen LogP contribution in [0.25, 0.3) is 0 Å². The number of hydrogen-bond acceptors (Lipinski definition) is 4. The number of nitrogens with one attached hydrogen (secondary N) is 1. The highest BCUT2D eigenvalue weighted by atomic mass is 16.6. The minimum atomic E-state index is -0.418. The van der Waals surface area contributed by atoms with E-state index in [1.165, 1.54) is 12.1 Å². The predicted octanol–water partition coefficient (Wildman–Crippen LogP) is -0.0750. The summed E-state index contributed by atoms with van der Waals surface area (Å²) in [7, 11) is 0. The third kappa shape index (κ3) is 3.59. The average Bonchev–Trinajstić information content (AvgIpc) is 2.47. The monoisotopic (exact) mass is 291 g/mol. The van der Waals surface area contributed by atoms with E-state index >= 15 is 0 Å². The molecule has 0 aliphatic carbocycles. The highest BCUT2D eigenvalue weighted by Crippen LogP contribution is 2.20. The number of guanidine groups is 2. The van der Waals surface area contributed by atoms with Crippen LogP contribution >= 0.6 is 0 Å². The Labute approximate surface area is 121 Å². The van der Waals surface area contributed by atoms with E-state index in [0.29, 0.717) is 26.2 Å². The smallest absolute Gasteiger partial charge is 0.269 e. The van der Waals surface area contributed by atoms with Gasteiger partial charge in [-0.15, -0.1) is 0 Å². The van der Waals surface area contributed by atoms with E-state index in [1.807, 2.05) is 0 Å². The van der Waals surface area contributed by atoms with Crippen molar-refractivity contribution >= 4 is 23.3 Å². The third-order valence-corrected chi connectivity index (χ3v) is 3.24. The fourth-order valence-electron chi connectivity index (χ4n) is 2.15. The van der Waals surface area contributed by atoms with Crippen LogP contribution in [0.15, 0.2) is 29.3 Å². The van der Waals surface area contributed by atoms with Gasteiger partial charge in [0.05, 0.1) is 4.92 Å². The summed E-state index contributed by atoms with van der Waals surface area (Å²) < 4.78 is 0. The van der Waals surface area contributed by atoms with Gasteiger partial charge in [0, 0.05) is 44.0 Å². The Kier molecular flexibility index (Phi) is 4.21. The average molecular weight is 291 g/mol. The van der Waals surface area contributed by atoms with E-state index in [1.54, 1.807) is 17.0 Å². The first kappa shape index (κ1) is 14.6. The fourth-order valence-corrected chi connectivity index (χ4v) is 2.15. The molecule has 2 rings (SSSR count).